The third-order valence-electron chi connectivity index (χ3n) is 3.55. The summed E-state index contributed by atoms with van der Waals surface area (Å²) in [6.45, 7) is 3.34. The first kappa shape index (κ1) is 18.0. The summed E-state index contributed by atoms with van der Waals surface area (Å²) in [5.74, 6) is 0.570. The van der Waals surface area contributed by atoms with Crippen molar-refractivity contribution in [1.29, 1.82) is 0 Å². The molecule has 3 aromatic heterocycles. The molecule has 132 valence electrons. The van der Waals surface area contributed by atoms with Crippen molar-refractivity contribution in [2.45, 2.75) is 26.3 Å². The number of thiophene rings is 2. The van der Waals surface area contributed by atoms with E-state index in [1.165, 1.54) is 11.3 Å². The lowest BCUT2D eigenvalue weighted by Crippen LogP contribution is -2.44. The summed E-state index contributed by atoms with van der Waals surface area (Å²) in [5.41, 5.74) is 6.70. The molecule has 0 aromatic carbocycles. The molecule has 0 aliphatic carbocycles. The molecule has 0 saturated carbocycles. The second-order valence-corrected chi connectivity index (χ2v) is 7.62. The standard InChI is InChI=1S/C16H19N5OS3/c1-2-3-6-17-16(23)21-18-8-12-19-14(22)13-10(9-25-15(13)20-12)11-5-4-7-24-11/h4-5,7,9,18H,2-3,6,8H2,1H3,(H2,17,21,23)(H,19,20,22). The van der Waals surface area contributed by atoms with Crippen LogP contribution in [0.2, 0.25) is 0 Å². The van der Waals surface area contributed by atoms with Crippen LogP contribution in [0.3, 0.4) is 0 Å². The molecular formula is C16H19N5OS3. The van der Waals surface area contributed by atoms with E-state index in [-0.39, 0.29) is 5.56 Å². The zero-order chi connectivity index (χ0) is 17.6. The van der Waals surface area contributed by atoms with Crippen molar-refractivity contribution >= 4 is 50.2 Å². The van der Waals surface area contributed by atoms with Gasteiger partial charge in [-0.1, -0.05) is 19.4 Å². The van der Waals surface area contributed by atoms with Crippen LogP contribution >= 0.6 is 34.9 Å². The van der Waals surface area contributed by atoms with E-state index in [0.29, 0.717) is 22.9 Å². The molecule has 3 aromatic rings. The van der Waals surface area contributed by atoms with Gasteiger partial charge < -0.3 is 10.3 Å². The van der Waals surface area contributed by atoms with E-state index >= 15 is 0 Å². The lowest BCUT2D eigenvalue weighted by Gasteiger charge is -2.10. The lowest BCUT2D eigenvalue weighted by molar-refractivity contribution is 0.615. The van der Waals surface area contributed by atoms with Gasteiger partial charge in [0.15, 0.2) is 5.11 Å². The van der Waals surface area contributed by atoms with Crippen LogP contribution in [-0.2, 0) is 6.54 Å². The first-order valence-corrected chi connectivity index (χ1v) is 10.2. The molecule has 6 nitrogen and oxygen atoms in total. The molecule has 0 atom stereocenters. The van der Waals surface area contributed by atoms with Crippen LogP contribution in [-0.4, -0.2) is 21.6 Å². The highest BCUT2D eigenvalue weighted by molar-refractivity contribution is 7.80. The Balaban J connectivity index is 1.66. The Bertz CT molecular complexity index is 900. The van der Waals surface area contributed by atoms with Gasteiger partial charge in [-0.2, -0.15) is 0 Å². The van der Waals surface area contributed by atoms with Gasteiger partial charge >= 0.3 is 0 Å². The largest absolute Gasteiger partial charge is 0.362 e. The third-order valence-corrected chi connectivity index (χ3v) is 5.58. The minimum absolute atomic E-state index is 0.116. The number of hydrazine groups is 1. The summed E-state index contributed by atoms with van der Waals surface area (Å²) in [7, 11) is 0. The molecule has 0 bridgehead atoms. The van der Waals surface area contributed by atoms with E-state index in [4.69, 9.17) is 12.2 Å². The molecule has 3 rings (SSSR count). The van der Waals surface area contributed by atoms with Crippen molar-refractivity contribution in [3.63, 3.8) is 0 Å². The second kappa shape index (κ2) is 8.52. The minimum atomic E-state index is -0.116. The van der Waals surface area contributed by atoms with E-state index < -0.39 is 0 Å². The van der Waals surface area contributed by atoms with Gasteiger partial charge in [-0.25, -0.2) is 10.4 Å². The fourth-order valence-electron chi connectivity index (χ4n) is 2.32. The van der Waals surface area contributed by atoms with E-state index in [9.17, 15) is 4.79 Å². The van der Waals surface area contributed by atoms with Crippen LogP contribution in [0.15, 0.2) is 27.7 Å². The Morgan fingerprint density at radius 1 is 1.40 bits per heavy atom. The van der Waals surface area contributed by atoms with Crippen molar-refractivity contribution in [3.05, 3.63) is 39.1 Å². The Hall–Kier alpha value is -1.81. The molecule has 0 amide bonds. The summed E-state index contributed by atoms with van der Waals surface area (Å²) in [4.78, 5) is 21.7. The molecule has 3 heterocycles. The number of rotatable bonds is 7. The van der Waals surface area contributed by atoms with Gasteiger partial charge in [0.05, 0.1) is 11.9 Å². The maximum absolute atomic E-state index is 12.5. The fraction of sp³-hybridized carbons (Fsp3) is 0.312. The molecule has 0 aliphatic heterocycles. The Morgan fingerprint density at radius 2 is 2.28 bits per heavy atom. The highest BCUT2D eigenvalue weighted by Gasteiger charge is 2.13. The van der Waals surface area contributed by atoms with Crippen molar-refractivity contribution in [2.24, 2.45) is 0 Å². The number of unbranched alkanes of at least 4 members (excludes halogenated alkanes) is 1. The highest BCUT2D eigenvalue weighted by atomic mass is 32.1. The molecule has 0 spiro atoms. The number of H-pyrrole nitrogens is 1. The van der Waals surface area contributed by atoms with Crippen molar-refractivity contribution < 1.29 is 0 Å². The molecule has 0 saturated heterocycles. The van der Waals surface area contributed by atoms with Crippen LogP contribution in [0.1, 0.15) is 25.6 Å². The van der Waals surface area contributed by atoms with Gasteiger partial charge in [0.25, 0.3) is 5.56 Å². The average Bonchev–Trinajstić information content (AvgIpc) is 3.24. The Labute approximate surface area is 158 Å². The quantitative estimate of drug-likeness (QED) is 0.281. The SMILES string of the molecule is CCCCNC(=S)NNCc1nc2scc(-c3cccs3)c2c(=O)[nH]1. The van der Waals surface area contributed by atoms with E-state index in [2.05, 4.69) is 33.1 Å². The third kappa shape index (κ3) is 4.43. The molecule has 4 N–H and O–H groups in total. The van der Waals surface area contributed by atoms with Gasteiger partial charge in [-0.3, -0.25) is 10.2 Å². The van der Waals surface area contributed by atoms with Gasteiger partial charge in [0, 0.05) is 22.4 Å². The van der Waals surface area contributed by atoms with E-state index in [1.807, 2.05) is 22.9 Å². The molecule has 0 aliphatic rings. The number of nitrogens with one attached hydrogen (secondary N) is 4. The topological polar surface area (TPSA) is 81.8 Å². The molecule has 0 unspecified atom stereocenters. The summed E-state index contributed by atoms with van der Waals surface area (Å²) in [5, 5.41) is 8.28. The van der Waals surface area contributed by atoms with Crippen molar-refractivity contribution in [3.8, 4) is 10.4 Å². The average molecular weight is 394 g/mol. The monoisotopic (exact) mass is 393 g/mol. The first-order chi connectivity index (χ1) is 12.2. The Kier molecular flexibility index (Phi) is 6.14. The number of hydrogen-bond donors (Lipinski definition) is 4. The van der Waals surface area contributed by atoms with E-state index in [1.54, 1.807) is 11.3 Å². The number of thiocarbonyl (C=S) groups is 1. The van der Waals surface area contributed by atoms with Gasteiger partial charge in [-0.15, -0.1) is 22.7 Å². The number of nitrogens with zero attached hydrogens (tertiary/aromatic N) is 1. The molecule has 0 fully saturated rings. The Morgan fingerprint density at radius 3 is 3.04 bits per heavy atom. The normalized spacial score (nSPS) is 10.9. The molecule has 9 heteroatoms. The number of aromatic amines is 1. The molecular weight excluding hydrogens is 374 g/mol. The smallest absolute Gasteiger partial charge is 0.260 e. The van der Waals surface area contributed by atoms with Crippen molar-refractivity contribution in [2.75, 3.05) is 6.54 Å². The van der Waals surface area contributed by atoms with Crippen LogP contribution < -0.4 is 21.7 Å². The lowest BCUT2D eigenvalue weighted by atomic mass is 10.2. The minimum Gasteiger partial charge on any atom is -0.362 e. The number of aromatic nitrogens is 2. The highest BCUT2D eigenvalue weighted by Crippen LogP contribution is 2.33. The van der Waals surface area contributed by atoms with Crippen LogP contribution in [0.5, 0.6) is 0 Å². The summed E-state index contributed by atoms with van der Waals surface area (Å²) in [6.07, 6.45) is 2.18. The first-order valence-electron chi connectivity index (χ1n) is 8.00. The molecule has 0 radical (unpaired) electrons. The maximum Gasteiger partial charge on any atom is 0.260 e. The van der Waals surface area contributed by atoms with Crippen LogP contribution in [0.4, 0.5) is 0 Å². The van der Waals surface area contributed by atoms with Gasteiger partial charge in [0.2, 0.25) is 0 Å². The molecule has 25 heavy (non-hydrogen) atoms. The number of fused-ring (bicyclic) bond motifs is 1. The van der Waals surface area contributed by atoms with E-state index in [0.717, 1.165) is 34.7 Å². The van der Waals surface area contributed by atoms with Crippen LogP contribution in [0, 0.1) is 0 Å². The number of hydrogen-bond acceptors (Lipinski definition) is 6. The van der Waals surface area contributed by atoms with Gasteiger partial charge in [0.1, 0.15) is 10.7 Å². The summed E-state index contributed by atoms with van der Waals surface area (Å²) >= 11 is 8.26. The predicted molar refractivity (Wildman–Crippen MR) is 109 cm³/mol. The van der Waals surface area contributed by atoms with Gasteiger partial charge in [-0.05, 0) is 30.1 Å². The summed E-state index contributed by atoms with van der Waals surface area (Å²) in [6, 6.07) is 3.99. The predicted octanol–water partition coefficient (Wildman–Crippen LogP) is 2.98. The zero-order valence-electron chi connectivity index (χ0n) is 13.7. The summed E-state index contributed by atoms with van der Waals surface area (Å²) < 4.78 is 0. The van der Waals surface area contributed by atoms with Crippen molar-refractivity contribution in [1.82, 2.24) is 26.1 Å². The zero-order valence-corrected chi connectivity index (χ0v) is 16.2. The fourth-order valence-corrected chi connectivity index (χ4v) is 4.28. The van der Waals surface area contributed by atoms with Crippen LogP contribution in [0.25, 0.3) is 20.7 Å². The maximum atomic E-state index is 12.5. The second-order valence-electron chi connectivity index (χ2n) is 5.41.